The van der Waals surface area contributed by atoms with E-state index >= 15 is 0 Å². The average Bonchev–Trinajstić information content (AvgIpc) is 2.60. The van der Waals surface area contributed by atoms with Crippen molar-refractivity contribution in [3.8, 4) is 0 Å². The average molecular weight is 291 g/mol. The lowest BCUT2D eigenvalue weighted by molar-refractivity contribution is 0.505. The number of nitrogens with one attached hydrogen (secondary N) is 2. The van der Waals surface area contributed by atoms with Crippen molar-refractivity contribution in [3.63, 3.8) is 0 Å². The molecule has 0 radical (unpaired) electrons. The first-order chi connectivity index (χ1) is 7.24. The van der Waals surface area contributed by atoms with Crippen molar-refractivity contribution in [1.29, 1.82) is 0 Å². The molecular weight excluding hydrogens is 272 g/mol. The van der Waals surface area contributed by atoms with Crippen LogP contribution in [0.4, 0.5) is 0 Å². The summed E-state index contributed by atoms with van der Waals surface area (Å²) in [5.74, 6) is 0. The predicted molar refractivity (Wildman–Crippen MR) is 71.5 cm³/mol. The molecule has 1 unspecified atom stereocenters. The van der Waals surface area contributed by atoms with Crippen molar-refractivity contribution in [2.45, 2.75) is 32.9 Å². The Labute approximate surface area is 105 Å². The van der Waals surface area contributed by atoms with E-state index in [1.165, 1.54) is 15.8 Å². The molecule has 2 nitrogen and oxygen atoms in total. The highest BCUT2D eigenvalue weighted by Crippen LogP contribution is 2.21. The van der Waals surface area contributed by atoms with Crippen LogP contribution < -0.4 is 10.6 Å². The Morgan fingerprint density at radius 1 is 1.53 bits per heavy atom. The minimum Gasteiger partial charge on any atom is -0.314 e. The van der Waals surface area contributed by atoms with Crippen molar-refractivity contribution in [1.82, 2.24) is 10.6 Å². The van der Waals surface area contributed by atoms with Gasteiger partial charge in [-0.25, -0.2) is 0 Å². The van der Waals surface area contributed by atoms with Gasteiger partial charge in [0.1, 0.15) is 0 Å². The molecule has 0 aromatic carbocycles. The van der Waals surface area contributed by atoms with Gasteiger partial charge in [-0.3, -0.25) is 0 Å². The van der Waals surface area contributed by atoms with Gasteiger partial charge in [-0.2, -0.15) is 0 Å². The molecule has 0 spiro atoms. The van der Waals surface area contributed by atoms with E-state index in [0.717, 1.165) is 19.6 Å². The summed E-state index contributed by atoms with van der Waals surface area (Å²) in [6.07, 6.45) is 1.18. The van der Waals surface area contributed by atoms with Crippen molar-refractivity contribution >= 4 is 27.3 Å². The molecule has 0 bridgehead atoms. The van der Waals surface area contributed by atoms with Crippen molar-refractivity contribution in [2.24, 2.45) is 0 Å². The zero-order chi connectivity index (χ0) is 11.1. The van der Waals surface area contributed by atoms with E-state index in [2.05, 4.69) is 51.9 Å². The third-order valence-corrected chi connectivity index (χ3v) is 4.21. The van der Waals surface area contributed by atoms with Gasteiger partial charge in [0, 0.05) is 21.9 Å². The summed E-state index contributed by atoms with van der Waals surface area (Å²) in [6.45, 7) is 7.46. The highest BCUT2D eigenvalue weighted by atomic mass is 79.9. The van der Waals surface area contributed by atoms with Gasteiger partial charge in [-0.1, -0.05) is 6.92 Å². The zero-order valence-electron chi connectivity index (χ0n) is 9.35. The molecule has 1 atom stereocenters. The topological polar surface area (TPSA) is 24.1 Å². The number of hydrogen-bond donors (Lipinski definition) is 2. The highest BCUT2D eigenvalue weighted by Gasteiger charge is 2.01. The van der Waals surface area contributed by atoms with Crippen LogP contribution in [-0.4, -0.2) is 19.1 Å². The first kappa shape index (κ1) is 13.2. The molecule has 0 aliphatic carbocycles. The Morgan fingerprint density at radius 3 is 2.93 bits per heavy atom. The lowest BCUT2D eigenvalue weighted by Crippen LogP contribution is -2.29. The molecule has 1 aromatic rings. The fraction of sp³-hybridized carbons (Fsp3) is 0.636. The Hall–Kier alpha value is 0.100. The second-order valence-electron chi connectivity index (χ2n) is 3.62. The SMILES string of the molecule is CCNC(C)CCNCc1sccc1Br. The van der Waals surface area contributed by atoms with Gasteiger partial charge >= 0.3 is 0 Å². The van der Waals surface area contributed by atoms with E-state index < -0.39 is 0 Å². The molecule has 15 heavy (non-hydrogen) atoms. The Kier molecular flexibility index (Phi) is 6.48. The van der Waals surface area contributed by atoms with E-state index in [4.69, 9.17) is 0 Å². The first-order valence-electron chi connectivity index (χ1n) is 5.40. The van der Waals surface area contributed by atoms with Gasteiger partial charge in [0.05, 0.1) is 0 Å². The quantitative estimate of drug-likeness (QED) is 0.755. The molecule has 0 fully saturated rings. The Morgan fingerprint density at radius 2 is 2.33 bits per heavy atom. The van der Waals surface area contributed by atoms with Gasteiger partial charge in [0.25, 0.3) is 0 Å². The number of hydrogen-bond acceptors (Lipinski definition) is 3. The maximum Gasteiger partial charge on any atom is 0.0327 e. The van der Waals surface area contributed by atoms with Gasteiger partial charge in [0.15, 0.2) is 0 Å². The molecular formula is C11H19BrN2S. The number of thiophene rings is 1. The van der Waals surface area contributed by atoms with Crippen molar-refractivity contribution in [3.05, 3.63) is 20.8 Å². The summed E-state index contributed by atoms with van der Waals surface area (Å²) in [7, 11) is 0. The second kappa shape index (κ2) is 7.39. The Bertz CT molecular complexity index is 275. The fourth-order valence-corrected chi connectivity index (χ4v) is 2.88. The minimum absolute atomic E-state index is 0.606. The summed E-state index contributed by atoms with van der Waals surface area (Å²) >= 11 is 5.32. The largest absolute Gasteiger partial charge is 0.314 e. The Balaban J connectivity index is 2.09. The molecule has 1 rings (SSSR count). The van der Waals surface area contributed by atoms with Crippen molar-refractivity contribution in [2.75, 3.05) is 13.1 Å². The molecule has 0 saturated carbocycles. The molecule has 0 aliphatic rings. The van der Waals surface area contributed by atoms with Gasteiger partial charge in [0.2, 0.25) is 0 Å². The summed E-state index contributed by atoms with van der Waals surface area (Å²) in [5.41, 5.74) is 0. The van der Waals surface area contributed by atoms with E-state index in [1.54, 1.807) is 11.3 Å². The molecule has 0 aliphatic heterocycles. The third-order valence-electron chi connectivity index (χ3n) is 2.28. The summed E-state index contributed by atoms with van der Waals surface area (Å²) in [4.78, 5) is 1.38. The molecule has 2 N–H and O–H groups in total. The van der Waals surface area contributed by atoms with Crippen LogP contribution >= 0.6 is 27.3 Å². The second-order valence-corrected chi connectivity index (χ2v) is 5.47. The van der Waals surface area contributed by atoms with E-state index in [0.29, 0.717) is 6.04 Å². The molecule has 4 heteroatoms. The van der Waals surface area contributed by atoms with Crippen LogP contribution in [0.5, 0.6) is 0 Å². The van der Waals surface area contributed by atoms with Crippen LogP contribution in [0.3, 0.4) is 0 Å². The maximum absolute atomic E-state index is 3.53. The monoisotopic (exact) mass is 290 g/mol. The van der Waals surface area contributed by atoms with Crippen LogP contribution in [0.2, 0.25) is 0 Å². The smallest absolute Gasteiger partial charge is 0.0327 e. The fourth-order valence-electron chi connectivity index (χ4n) is 1.42. The van der Waals surface area contributed by atoms with Gasteiger partial charge < -0.3 is 10.6 Å². The van der Waals surface area contributed by atoms with Crippen LogP contribution in [0.15, 0.2) is 15.9 Å². The van der Waals surface area contributed by atoms with Gasteiger partial charge in [-0.15, -0.1) is 11.3 Å². The molecule has 1 heterocycles. The highest BCUT2D eigenvalue weighted by molar-refractivity contribution is 9.10. The van der Waals surface area contributed by atoms with Crippen LogP contribution in [0.25, 0.3) is 0 Å². The number of rotatable bonds is 7. The lowest BCUT2D eigenvalue weighted by Gasteiger charge is -2.12. The van der Waals surface area contributed by atoms with Crippen LogP contribution in [-0.2, 0) is 6.54 Å². The standard InChI is InChI=1S/C11H19BrN2S/c1-3-14-9(2)4-6-13-8-11-10(12)5-7-15-11/h5,7,9,13-14H,3-4,6,8H2,1-2H3. The van der Waals surface area contributed by atoms with Crippen molar-refractivity contribution < 1.29 is 0 Å². The lowest BCUT2D eigenvalue weighted by atomic mass is 10.2. The van der Waals surface area contributed by atoms with E-state index in [-0.39, 0.29) is 0 Å². The molecule has 0 amide bonds. The van der Waals surface area contributed by atoms with Crippen LogP contribution in [0.1, 0.15) is 25.1 Å². The van der Waals surface area contributed by atoms with Crippen LogP contribution in [0, 0.1) is 0 Å². The first-order valence-corrected chi connectivity index (χ1v) is 7.07. The third kappa shape index (κ3) is 5.11. The summed E-state index contributed by atoms with van der Waals surface area (Å²) < 4.78 is 1.22. The molecule has 86 valence electrons. The zero-order valence-corrected chi connectivity index (χ0v) is 11.7. The maximum atomic E-state index is 3.53. The van der Waals surface area contributed by atoms with E-state index in [1.807, 2.05) is 0 Å². The molecule has 0 saturated heterocycles. The summed E-state index contributed by atoms with van der Waals surface area (Å²) in [5, 5.41) is 8.98. The van der Waals surface area contributed by atoms with Gasteiger partial charge in [-0.05, 0) is 53.8 Å². The van der Waals surface area contributed by atoms with E-state index in [9.17, 15) is 0 Å². The number of halogens is 1. The normalized spacial score (nSPS) is 13.0. The predicted octanol–water partition coefficient (Wildman–Crippen LogP) is 2.99. The minimum atomic E-state index is 0.606. The molecule has 1 aromatic heterocycles. The summed E-state index contributed by atoms with van der Waals surface area (Å²) in [6, 6.07) is 2.71.